The summed E-state index contributed by atoms with van der Waals surface area (Å²) < 4.78 is 26.9. The third-order valence-electron chi connectivity index (χ3n) is 3.63. The van der Waals surface area contributed by atoms with Crippen molar-refractivity contribution in [2.45, 2.75) is 32.7 Å². The van der Waals surface area contributed by atoms with Crippen molar-refractivity contribution in [2.75, 3.05) is 0 Å². The highest BCUT2D eigenvalue weighted by molar-refractivity contribution is 5.39. The highest BCUT2D eigenvalue weighted by Gasteiger charge is 2.25. The predicted molar refractivity (Wildman–Crippen MR) is 82.0 cm³/mol. The molecule has 0 bridgehead atoms. The van der Waals surface area contributed by atoms with Gasteiger partial charge in [-0.25, -0.2) is 8.78 Å². The SMILES string of the molecule is CC(C)Cc1cccc(C(C)(N)c2cc(F)cc(F)c2)c1. The molecule has 0 aliphatic rings. The number of halogens is 2. The third kappa shape index (κ3) is 3.67. The van der Waals surface area contributed by atoms with E-state index in [0.717, 1.165) is 18.1 Å². The number of hydrogen-bond acceptors (Lipinski definition) is 1. The van der Waals surface area contributed by atoms with Gasteiger partial charge in [0.15, 0.2) is 0 Å². The van der Waals surface area contributed by atoms with Gasteiger partial charge in [0.25, 0.3) is 0 Å². The minimum atomic E-state index is -0.935. The zero-order chi connectivity index (χ0) is 15.6. The highest BCUT2D eigenvalue weighted by atomic mass is 19.1. The van der Waals surface area contributed by atoms with Crippen molar-refractivity contribution in [3.63, 3.8) is 0 Å². The van der Waals surface area contributed by atoms with E-state index in [4.69, 9.17) is 5.73 Å². The van der Waals surface area contributed by atoms with Crippen LogP contribution in [0.4, 0.5) is 8.78 Å². The van der Waals surface area contributed by atoms with Crippen molar-refractivity contribution in [3.05, 3.63) is 70.8 Å². The molecule has 2 rings (SSSR count). The van der Waals surface area contributed by atoms with E-state index in [1.54, 1.807) is 6.92 Å². The monoisotopic (exact) mass is 289 g/mol. The summed E-state index contributed by atoms with van der Waals surface area (Å²) in [5.74, 6) is -0.684. The van der Waals surface area contributed by atoms with E-state index in [0.29, 0.717) is 11.5 Å². The molecular formula is C18H21F2N. The molecule has 0 aliphatic heterocycles. The second kappa shape index (κ2) is 5.94. The van der Waals surface area contributed by atoms with Crippen molar-refractivity contribution >= 4 is 0 Å². The van der Waals surface area contributed by atoms with Crippen LogP contribution in [0.15, 0.2) is 42.5 Å². The molecule has 2 aromatic carbocycles. The summed E-state index contributed by atoms with van der Waals surface area (Å²) in [5, 5.41) is 0. The molecule has 0 heterocycles. The van der Waals surface area contributed by atoms with Gasteiger partial charge in [0.2, 0.25) is 0 Å². The van der Waals surface area contributed by atoms with E-state index in [9.17, 15) is 8.78 Å². The van der Waals surface area contributed by atoms with Crippen LogP contribution in [0.25, 0.3) is 0 Å². The van der Waals surface area contributed by atoms with Crippen LogP contribution in [0.1, 0.15) is 37.5 Å². The van der Waals surface area contributed by atoms with Gasteiger partial charge in [0.1, 0.15) is 11.6 Å². The van der Waals surface area contributed by atoms with Gasteiger partial charge < -0.3 is 5.73 Å². The van der Waals surface area contributed by atoms with Gasteiger partial charge in [0.05, 0.1) is 5.54 Å². The fraction of sp³-hybridized carbons (Fsp3) is 0.333. The van der Waals surface area contributed by atoms with Crippen molar-refractivity contribution < 1.29 is 8.78 Å². The normalized spacial score (nSPS) is 14.2. The third-order valence-corrected chi connectivity index (χ3v) is 3.63. The van der Waals surface area contributed by atoms with Gasteiger partial charge in [-0.2, -0.15) is 0 Å². The lowest BCUT2D eigenvalue weighted by Gasteiger charge is -2.27. The summed E-state index contributed by atoms with van der Waals surface area (Å²) in [6.45, 7) is 6.07. The van der Waals surface area contributed by atoms with Crippen molar-refractivity contribution in [1.29, 1.82) is 0 Å². The Morgan fingerprint density at radius 3 is 2.19 bits per heavy atom. The van der Waals surface area contributed by atoms with Gasteiger partial charge in [-0.1, -0.05) is 38.1 Å². The molecule has 1 atom stereocenters. The van der Waals surface area contributed by atoms with E-state index in [1.807, 2.05) is 24.3 Å². The predicted octanol–water partition coefficient (Wildman–Crippen LogP) is 4.39. The van der Waals surface area contributed by atoms with E-state index < -0.39 is 17.2 Å². The Kier molecular flexibility index (Phi) is 4.43. The quantitative estimate of drug-likeness (QED) is 0.887. The zero-order valence-electron chi connectivity index (χ0n) is 12.7. The van der Waals surface area contributed by atoms with Crippen LogP contribution in [0.2, 0.25) is 0 Å². The standard InChI is InChI=1S/C18H21F2N/c1-12(2)7-13-5-4-6-14(8-13)18(3,21)15-9-16(19)11-17(20)10-15/h4-6,8-12H,7,21H2,1-3H3. The molecule has 0 saturated heterocycles. The maximum Gasteiger partial charge on any atom is 0.126 e. The Labute approximate surface area is 124 Å². The zero-order valence-corrected chi connectivity index (χ0v) is 12.7. The molecule has 21 heavy (non-hydrogen) atoms. The Bertz CT molecular complexity index is 613. The number of nitrogens with two attached hydrogens (primary N) is 1. The van der Waals surface area contributed by atoms with Gasteiger partial charge >= 0.3 is 0 Å². The molecule has 0 saturated carbocycles. The maximum absolute atomic E-state index is 13.4. The first kappa shape index (κ1) is 15.6. The summed E-state index contributed by atoms with van der Waals surface area (Å²) in [4.78, 5) is 0. The molecule has 112 valence electrons. The second-order valence-electron chi connectivity index (χ2n) is 6.16. The van der Waals surface area contributed by atoms with Crippen LogP contribution >= 0.6 is 0 Å². The molecule has 1 unspecified atom stereocenters. The molecule has 0 spiro atoms. The molecule has 2 aromatic rings. The molecule has 0 aliphatic carbocycles. The Hall–Kier alpha value is -1.74. The fourth-order valence-corrected chi connectivity index (χ4v) is 2.51. The maximum atomic E-state index is 13.4. The van der Waals surface area contributed by atoms with Crippen molar-refractivity contribution in [1.82, 2.24) is 0 Å². The summed E-state index contributed by atoms with van der Waals surface area (Å²) in [6, 6.07) is 11.3. The van der Waals surface area contributed by atoms with Crippen LogP contribution in [-0.4, -0.2) is 0 Å². The van der Waals surface area contributed by atoms with Crippen LogP contribution in [0, 0.1) is 17.6 Å². The van der Waals surface area contributed by atoms with Crippen LogP contribution in [0.5, 0.6) is 0 Å². The summed E-state index contributed by atoms with van der Waals surface area (Å²) in [6.07, 6.45) is 0.946. The van der Waals surface area contributed by atoms with E-state index >= 15 is 0 Å². The van der Waals surface area contributed by atoms with Gasteiger partial charge in [-0.3, -0.25) is 0 Å². The first-order valence-electron chi connectivity index (χ1n) is 7.14. The van der Waals surface area contributed by atoms with E-state index in [1.165, 1.54) is 17.7 Å². The summed E-state index contributed by atoms with van der Waals surface area (Å²) in [7, 11) is 0. The van der Waals surface area contributed by atoms with Gasteiger partial charge in [-0.15, -0.1) is 0 Å². The summed E-state index contributed by atoms with van der Waals surface area (Å²) >= 11 is 0. The molecule has 0 aromatic heterocycles. The Balaban J connectivity index is 2.43. The largest absolute Gasteiger partial charge is 0.318 e. The Morgan fingerprint density at radius 1 is 1.00 bits per heavy atom. The van der Waals surface area contributed by atoms with Crippen LogP contribution < -0.4 is 5.73 Å². The van der Waals surface area contributed by atoms with Gasteiger partial charge in [0, 0.05) is 6.07 Å². The van der Waals surface area contributed by atoms with Crippen LogP contribution in [-0.2, 0) is 12.0 Å². The van der Waals surface area contributed by atoms with Crippen molar-refractivity contribution in [3.8, 4) is 0 Å². The lowest BCUT2D eigenvalue weighted by molar-refractivity contribution is 0.549. The highest BCUT2D eigenvalue weighted by Crippen LogP contribution is 2.28. The number of hydrogen-bond donors (Lipinski definition) is 1. The summed E-state index contributed by atoms with van der Waals surface area (Å²) in [5.41, 5.74) is 7.89. The minimum absolute atomic E-state index is 0.432. The number of rotatable bonds is 4. The minimum Gasteiger partial charge on any atom is -0.318 e. The molecule has 0 amide bonds. The molecule has 2 N–H and O–H groups in total. The smallest absolute Gasteiger partial charge is 0.126 e. The van der Waals surface area contributed by atoms with Gasteiger partial charge in [-0.05, 0) is 48.1 Å². The molecule has 0 fully saturated rings. The first-order chi connectivity index (χ1) is 9.79. The Morgan fingerprint density at radius 2 is 1.62 bits per heavy atom. The average Bonchev–Trinajstić information content (AvgIpc) is 2.37. The van der Waals surface area contributed by atoms with E-state index in [2.05, 4.69) is 13.8 Å². The second-order valence-corrected chi connectivity index (χ2v) is 6.16. The molecule has 3 heteroatoms. The first-order valence-corrected chi connectivity index (χ1v) is 7.14. The molecule has 0 radical (unpaired) electrons. The molecule has 1 nitrogen and oxygen atoms in total. The fourth-order valence-electron chi connectivity index (χ4n) is 2.51. The molecular weight excluding hydrogens is 268 g/mol. The lowest BCUT2D eigenvalue weighted by atomic mass is 9.84. The topological polar surface area (TPSA) is 26.0 Å². The van der Waals surface area contributed by atoms with Crippen molar-refractivity contribution in [2.24, 2.45) is 11.7 Å². The van der Waals surface area contributed by atoms with Crippen LogP contribution in [0.3, 0.4) is 0 Å². The average molecular weight is 289 g/mol. The lowest BCUT2D eigenvalue weighted by Crippen LogP contribution is -2.34. The number of benzene rings is 2. The van der Waals surface area contributed by atoms with E-state index in [-0.39, 0.29) is 0 Å².